The molecule has 0 amide bonds. The highest BCUT2D eigenvalue weighted by Crippen LogP contribution is 2.09. The molecule has 0 spiro atoms. The van der Waals surface area contributed by atoms with E-state index in [-0.39, 0.29) is 0 Å². The van der Waals surface area contributed by atoms with Crippen LogP contribution in [0.4, 0.5) is 0 Å². The largest absolute Gasteiger partial charge is 0.254 e. The highest BCUT2D eigenvalue weighted by molar-refractivity contribution is 7.85. The Balaban J connectivity index is 1.93. The van der Waals surface area contributed by atoms with Crippen molar-refractivity contribution in [1.29, 1.82) is 0 Å². The molecule has 2 aromatic rings. The molecule has 2 aromatic carbocycles. The van der Waals surface area contributed by atoms with Gasteiger partial charge in [-0.05, 0) is 30.5 Å². The summed E-state index contributed by atoms with van der Waals surface area (Å²) in [6.07, 6.45) is 1.42. The van der Waals surface area contributed by atoms with Gasteiger partial charge >= 0.3 is 0 Å². The summed E-state index contributed by atoms with van der Waals surface area (Å²) < 4.78 is 20.1. The van der Waals surface area contributed by atoms with Crippen molar-refractivity contribution < 1.29 is 5.58 Å². The molecule has 2 rings (SSSR count). The van der Waals surface area contributed by atoms with Crippen molar-refractivity contribution in [2.24, 2.45) is 0 Å². The van der Waals surface area contributed by atoms with Gasteiger partial charge in [-0.25, -0.2) is 0 Å². The van der Waals surface area contributed by atoms with Gasteiger partial charge in [-0.1, -0.05) is 48.5 Å². The zero-order valence-electron chi connectivity index (χ0n) is 10.6. The van der Waals surface area contributed by atoms with Crippen LogP contribution in [0.3, 0.4) is 0 Å². The number of rotatable bonds is 5. The SMILES string of the molecule is [2H]C(CCc1ccccc1)S(=O)c1ccccc1. The van der Waals surface area contributed by atoms with Gasteiger partial charge in [0, 0.05) is 12.0 Å². The van der Waals surface area contributed by atoms with E-state index in [1.807, 2.05) is 60.7 Å². The molecule has 0 N–H and O–H groups in total. The van der Waals surface area contributed by atoms with E-state index < -0.39 is 16.5 Å². The van der Waals surface area contributed by atoms with E-state index >= 15 is 0 Å². The van der Waals surface area contributed by atoms with Gasteiger partial charge in [0.1, 0.15) is 0 Å². The third kappa shape index (κ3) is 3.82. The van der Waals surface area contributed by atoms with Gasteiger partial charge in [-0.15, -0.1) is 0 Å². The Morgan fingerprint density at radius 3 is 2.18 bits per heavy atom. The second-order valence-corrected chi connectivity index (χ2v) is 5.20. The lowest BCUT2D eigenvalue weighted by Crippen LogP contribution is -1.99. The molecule has 2 atom stereocenters. The second kappa shape index (κ2) is 6.36. The molecule has 0 radical (unpaired) electrons. The van der Waals surface area contributed by atoms with Gasteiger partial charge in [0.2, 0.25) is 0 Å². The summed E-state index contributed by atoms with van der Waals surface area (Å²) in [7, 11) is -1.24. The Morgan fingerprint density at radius 1 is 0.941 bits per heavy atom. The Morgan fingerprint density at radius 2 is 1.53 bits per heavy atom. The van der Waals surface area contributed by atoms with Gasteiger partial charge in [0.15, 0.2) is 0 Å². The minimum Gasteiger partial charge on any atom is -0.254 e. The first-order valence-electron chi connectivity index (χ1n) is 6.27. The topological polar surface area (TPSA) is 17.1 Å². The van der Waals surface area contributed by atoms with Crippen LogP contribution in [0.2, 0.25) is 0 Å². The van der Waals surface area contributed by atoms with Gasteiger partial charge in [-0.2, -0.15) is 0 Å². The maximum absolute atomic E-state index is 12.1. The van der Waals surface area contributed by atoms with Crippen LogP contribution >= 0.6 is 0 Å². The predicted molar refractivity (Wildman–Crippen MR) is 72.5 cm³/mol. The molecule has 0 heterocycles. The number of benzene rings is 2. The normalized spacial score (nSPS) is 14.9. The smallest absolute Gasteiger partial charge is 0.0529 e. The van der Waals surface area contributed by atoms with E-state index in [1.165, 1.54) is 5.56 Å². The Kier molecular flexibility index (Phi) is 4.01. The fourth-order valence-electron chi connectivity index (χ4n) is 1.63. The molecule has 2 unspecified atom stereocenters. The Hall–Kier alpha value is -1.41. The number of hydrogen-bond donors (Lipinski definition) is 0. The van der Waals surface area contributed by atoms with Crippen LogP contribution in [0.25, 0.3) is 0 Å². The molecule has 0 fully saturated rings. The molecule has 0 saturated heterocycles. The molecular formula is C15H16OS. The first kappa shape index (κ1) is 10.7. The van der Waals surface area contributed by atoms with Gasteiger partial charge in [-0.3, -0.25) is 4.21 Å². The average molecular weight is 245 g/mol. The van der Waals surface area contributed by atoms with Crippen LogP contribution in [0.15, 0.2) is 65.6 Å². The van der Waals surface area contributed by atoms with Gasteiger partial charge < -0.3 is 0 Å². The minimum atomic E-state index is -1.24. The fraction of sp³-hybridized carbons (Fsp3) is 0.200. The molecule has 88 valence electrons. The lowest BCUT2D eigenvalue weighted by atomic mass is 10.1. The standard InChI is InChI=1S/C15H16OS/c16-17(15-11-5-2-6-12-15)13-7-10-14-8-3-1-4-9-14/h1-6,8-9,11-12H,7,10,13H2/i13D. The highest BCUT2D eigenvalue weighted by atomic mass is 32.2. The molecule has 0 bridgehead atoms. The number of hydrogen-bond acceptors (Lipinski definition) is 1. The van der Waals surface area contributed by atoms with Crippen molar-refractivity contribution >= 4 is 10.8 Å². The maximum atomic E-state index is 12.1. The zero-order valence-corrected chi connectivity index (χ0v) is 10.4. The third-order valence-corrected chi connectivity index (χ3v) is 3.80. The Labute approximate surface area is 106 Å². The molecule has 2 heteroatoms. The summed E-state index contributed by atoms with van der Waals surface area (Å²) in [4.78, 5) is 0.741. The van der Waals surface area contributed by atoms with Crippen LogP contribution in [-0.2, 0) is 17.2 Å². The molecule has 0 saturated carbocycles. The monoisotopic (exact) mass is 245 g/mol. The van der Waals surface area contributed by atoms with E-state index in [0.29, 0.717) is 6.42 Å². The molecule has 0 aliphatic rings. The van der Waals surface area contributed by atoms with E-state index in [2.05, 4.69) is 0 Å². The second-order valence-electron chi connectivity index (χ2n) is 3.80. The summed E-state index contributed by atoms with van der Waals surface area (Å²) in [6.45, 7) is 0. The average Bonchev–Trinajstić information content (AvgIpc) is 2.46. The molecule has 0 aliphatic carbocycles. The van der Waals surface area contributed by atoms with Crippen LogP contribution in [0.5, 0.6) is 0 Å². The first-order valence-corrected chi connectivity index (χ1v) is 6.90. The van der Waals surface area contributed by atoms with E-state index in [9.17, 15) is 4.21 Å². The van der Waals surface area contributed by atoms with Crippen molar-refractivity contribution in [2.75, 3.05) is 5.73 Å². The zero-order chi connectivity index (χ0) is 12.8. The van der Waals surface area contributed by atoms with E-state index in [4.69, 9.17) is 1.37 Å². The summed E-state index contributed by atoms with van der Waals surface area (Å²) in [6, 6.07) is 19.3. The van der Waals surface area contributed by atoms with Gasteiger partial charge in [0.05, 0.1) is 10.8 Å². The fourth-order valence-corrected chi connectivity index (χ4v) is 2.58. The van der Waals surface area contributed by atoms with Crippen molar-refractivity contribution in [3.05, 3.63) is 66.2 Å². The summed E-state index contributed by atoms with van der Waals surface area (Å²) in [5, 5.41) is 0. The minimum absolute atomic E-state index is 0.562. The quantitative estimate of drug-likeness (QED) is 0.788. The number of aryl methyl sites for hydroxylation is 1. The molecule has 1 nitrogen and oxygen atoms in total. The van der Waals surface area contributed by atoms with Crippen molar-refractivity contribution in [2.45, 2.75) is 17.7 Å². The predicted octanol–water partition coefficient (Wildman–Crippen LogP) is 3.43. The Bertz CT molecular complexity index is 498. The van der Waals surface area contributed by atoms with E-state index in [1.54, 1.807) is 0 Å². The van der Waals surface area contributed by atoms with Gasteiger partial charge in [0.25, 0.3) is 0 Å². The highest BCUT2D eigenvalue weighted by Gasteiger charge is 2.02. The van der Waals surface area contributed by atoms with Crippen LogP contribution in [-0.4, -0.2) is 9.94 Å². The molecule has 0 aliphatic heterocycles. The summed E-state index contributed by atoms with van der Waals surface area (Å²) in [5.74, 6) is 0. The van der Waals surface area contributed by atoms with Crippen molar-refractivity contribution in [1.82, 2.24) is 0 Å². The lowest BCUT2D eigenvalue weighted by molar-refractivity contribution is 0.680. The molecule has 0 aromatic heterocycles. The summed E-state index contributed by atoms with van der Waals surface area (Å²) >= 11 is 0. The third-order valence-electron chi connectivity index (χ3n) is 2.52. The van der Waals surface area contributed by atoms with Crippen LogP contribution in [0.1, 0.15) is 13.4 Å². The maximum Gasteiger partial charge on any atom is 0.0529 e. The lowest BCUT2D eigenvalue weighted by Gasteiger charge is -2.02. The first-order chi connectivity index (χ1) is 8.77. The van der Waals surface area contributed by atoms with Crippen molar-refractivity contribution in [3.63, 3.8) is 0 Å². The van der Waals surface area contributed by atoms with Crippen LogP contribution in [0, 0.1) is 0 Å². The molecular weight excluding hydrogens is 228 g/mol. The van der Waals surface area contributed by atoms with Crippen molar-refractivity contribution in [3.8, 4) is 0 Å². The van der Waals surface area contributed by atoms with Crippen LogP contribution < -0.4 is 0 Å². The molecule has 17 heavy (non-hydrogen) atoms. The van der Waals surface area contributed by atoms with E-state index in [0.717, 1.165) is 11.3 Å². The summed E-state index contributed by atoms with van der Waals surface area (Å²) in [5.41, 5.74) is 0.632.